The molecule has 0 unspecified atom stereocenters. The van der Waals surface area contributed by atoms with Crippen LogP contribution in [0.5, 0.6) is 0 Å². The van der Waals surface area contributed by atoms with Gasteiger partial charge in [-0.25, -0.2) is 9.62 Å². The summed E-state index contributed by atoms with van der Waals surface area (Å²) in [6.45, 7) is 4.24. The van der Waals surface area contributed by atoms with Gasteiger partial charge in [-0.05, 0) is 28.7 Å². The predicted octanol–water partition coefficient (Wildman–Crippen LogP) is 3.27. The smallest absolute Gasteiger partial charge is 0.160 e. The van der Waals surface area contributed by atoms with Crippen LogP contribution in [0.2, 0.25) is 0 Å². The van der Waals surface area contributed by atoms with Gasteiger partial charge in [0.1, 0.15) is 5.52 Å². The second-order valence-corrected chi connectivity index (χ2v) is 4.54. The molecule has 0 N–H and O–H groups in total. The van der Waals surface area contributed by atoms with Crippen molar-refractivity contribution in [3.05, 3.63) is 18.2 Å². The molecule has 0 spiro atoms. The standard InChI is InChI=1S/C11H13N3OS/c1-7(2)11(16-3)12-8-5-4-6-9-10(8)14-15-13-9/h4-7H,1-3H3. The van der Waals surface area contributed by atoms with Crippen LogP contribution in [-0.4, -0.2) is 21.6 Å². The lowest BCUT2D eigenvalue weighted by molar-refractivity contribution is 0.315. The molecule has 84 valence electrons. The van der Waals surface area contributed by atoms with Crippen molar-refractivity contribution in [2.24, 2.45) is 10.9 Å². The average molecular weight is 235 g/mol. The Morgan fingerprint density at radius 3 is 2.88 bits per heavy atom. The Morgan fingerprint density at radius 2 is 2.19 bits per heavy atom. The van der Waals surface area contributed by atoms with Gasteiger partial charge in [-0.1, -0.05) is 19.9 Å². The Labute approximate surface area is 98.1 Å². The molecule has 0 aliphatic carbocycles. The SMILES string of the molecule is CSC(=Nc1cccc2nonc12)C(C)C. The van der Waals surface area contributed by atoms with E-state index in [0.717, 1.165) is 21.8 Å². The molecule has 2 rings (SSSR count). The first-order valence-electron chi connectivity index (χ1n) is 5.06. The summed E-state index contributed by atoms with van der Waals surface area (Å²) >= 11 is 1.66. The van der Waals surface area contributed by atoms with Crippen molar-refractivity contribution in [1.29, 1.82) is 0 Å². The second-order valence-electron chi connectivity index (χ2n) is 3.72. The summed E-state index contributed by atoms with van der Waals surface area (Å²) in [6, 6.07) is 5.69. The van der Waals surface area contributed by atoms with E-state index < -0.39 is 0 Å². The number of hydrogen-bond donors (Lipinski definition) is 0. The molecule has 1 aromatic heterocycles. The van der Waals surface area contributed by atoms with Gasteiger partial charge < -0.3 is 0 Å². The third-order valence-corrected chi connectivity index (χ3v) is 3.18. The van der Waals surface area contributed by atoms with E-state index in [2.05, 4.69) is 29.2 Å². The molecule has 0 saturated heterocycles. The zero-order valence-electron chi connectivity index (χ0n) is 9.47. The average Bonchev–Trinajstić information content (AvgIpc) is 2.73. The van der Waals surface area contributed by atoms with Crippen molar-refractivity contribution in [3.8, 4) is 0 Å². The van der Waals surface area contributed by atoms with E-state index in [4.69, 9.17) is 4.63 Å². The van der Waals surface area contributed by atoms with E-state index in [9.17, 15) is 0 Å². The van der Waals surface area contributed by atoms with Crippen LogP contribution in [0.25, 0.3) is 11.0 Å². The number of hydrogen-bond acceptors (Lipinski definition) is 5. The van der Waals surface area contributed by atoms with E-state index in [1.54, 1.807) is 11.8 Å². The van der Waals surface area contributed by atoms with Crippen molar-refractivity contribution in [1.82, 2.24) is 10.3 Å². The van der Waals surface area contributed by atoms with E-state index in [0.29, 0.717) is 5.92 Å². The van der Waals surface area contributed by atoms with Gasteiger partial charge in [-0.15, -0.1) is 11.8 Å². The molecule has 0 aliphatic rings. The summed E-state index contributed by atoms with van der Waals surface area (Å²) in [6.07, 6.45) is 2.03. The minimum Gasteiger partial charge on any atom is -0.244 e. The molecule has 0 saturated carbocycles. The van der Waals surface area contributed by atoms with Gasteiger partial charge in [0, 0.05) is 5.92 Å². The number of thioether (sulfide) groups is 1. The molecule has 1 aromatic carbocycles. The van der Waals surface area contributed by atoms with Crippen LogP contribution in [0, 0.1) is 5.92 Å². The quantitative estimate of drug-likeness (QED) is 0.592. The molecular formula is C11H13N3OS. The molecule has 0 atom stereocenters. The fourth-order valence-corrected chi connectivity index (χ4v) is 2.07. The second kappa shape index (κ2) is 4.65. The molecule has 0 bridgehead atoms. The third-order valence-electron chi connectivity index (χ3n) is 2.20. The van der Waals surface area contributed by atoms with Crippen LogP contribution in [0.15, 0.2) is 27.8 Å². The van der Waals surface area contributed by atoms with Crippen molar-refractivity contribution < 1.29 is 4.63 Å². The Kier molecular flexibility index (Phi) is 3.24. The summed E-state index contributed by atoms with van der Waals surface area (Å²) in [7, 11) is 0. The first-order valence-corrected chi connectivity index (χ1v) is 6.28. The highest BCUT2D eigenvalue weighted by Gasteiger charge is 2.08. The lowest BCUT2D eigenvalue weighted by atomic mass is 10.2. The number of rotatable bonds is 2. The largest absolute Gasteiger partial charge is 0.244 e. The first-order chi connectivity index (χ1) is 7.72. The summed E-state index contributed by atoms with van der Waals surface area (Å²) in [5.41, 5.74) is 2.27. The maximum atomic E-state index is 4.71. The zero-order valence-corrected chi connectivity index (χ0v) is 10.3. The molecular weight excluding hydrogens is 222 g/mol. The summed E-state index contributed by atoms with van der Waals surface area (Å²) in [5, 5.41) is 8.74. The number of fused-ring (bicyclic) bond motifs is 1. The molecule has 1 heterocycles. The number of nitrogens with zero attached hydrogens (tertiary/aromatic N) is 3. The molecule has 0 radical (unpaired) electrons. The molecule has 0 amide bonds. The van der Waals surface area contributed by atoms with E-state index >= 15 is 0 Å². The van der Waals surface area contributed by atoms with Gasteiger partial charge in [0.15, 0.2) is 5.52 Å². The van der Waals surface area contributed by atoms with E-state index in [1.807, 2.05) is 24.5 Å². The monoisotopic (exact) mass is 235 g/mol. The van der Waals surface area contributed by atoms with E-state index in [-0.39, 0.29) is 0 Å². The topological polar surface area (TPSA) is 51.3 Å². The van der Waals surface area contributed by atoms with Gasteiger partial charge in [-0.2, -0.15) is 0 Å². The van der Waals surface area contributed by atoms with Gasteiger partial charge in [0.25, 0.3) is 0 Å². The maximum Gasteiger partial charge on any atom is 0.160 e. The van der Waals surface area contributed by atoms with Gasteiger partial charge >= 0.3 is 0 Å². The van der Waals surface area contributed by atoms with Crippen molar-refractivity contribution in [2.45, 2.75) is 13.8 Å². The third kappa shape index (κ3) is 2.09. The van der Waals surface area contributed by atoms with Crippen LogP contribution >= 0.6 is 11.8 Å². The summed E-state index contributed by atoms with van der Waals surface area (Å²) < 4.78 is 4.71. The van der Waals surface area contributed by atoms with Crippen molar-refractivity contribution in [3.63, 3.8) is 0 Å². The highest BCUT2D eigenvalue weighted by atomic mass is 32.2. The zero-order chi connectivity index (χ0) is 11.5. The highest BCUT2D eigenvalue weighted by Crippen LogP contribution is 2.25. The minimum absolute atomic E-state index is 0.408. The lowest BCUT2D eigenvalue weighted by Crippen LogP contribution is -2.00. The molecule has 0 aliphatic heterocycles. The van der Waals surface area contributed by atoms with Crippen molar-refractivity contribution >= 4 is 33.5 Å². The fraction of sp³-hybridized carbons (Fsp3) is 0.364. The molecule has 4 nitrogen and oxygen atoms in total. The Bertz CT molecular complexity index is 519. The number of aliphatic imine (C=N–C) groups is 1. The number of benzene rings is 1. The van der Waals surface area contributed by atoms with Crippen LogP contribution in [0.3, 0.4) is 0 Å². The Balaban J connectivity index is 2.51. The highest BCUT2D eigenvalue weighted by molar-refractivity contribution is 8.13. The first kappa shape index (κ1) is 11.1. The summed E-state index contributed by atoms with van der Waals surface area (Å²) in [4.78, 5) is 4.59. The van der Waals surface area contributed by atoms with E-state index in [1.165, 1.54) is 0 Å². The molecule has 0 fully saturated rings. The Hall–Kier alpha value is -1.36. The number of aromatic nitrogens is 2. The molecule has 16 heavy (non-hydrogen) atoms. The van der Waals surface area contributed by atoms with Gasteiger partial charge in [0.05, 0.1) is 10.7 Å². The van der Waals surface area contributed by atoms with Crippen LogP contribution in [0.1, 0.15) is 13.8 Å². The van der Waals surface area contributed by atoms with Crippen molar-refractivity contribution in [2.75, 3.05) is 6.26 Å². The van der Waals surface area contributed by atoms with Gasteiger partial charge in [-0.3, -0.25) is 0 Å². The maximum absolute atomic E-state index is 4.71. The lowest BCUT2D eigenvalue weighted by Gasteiger charge is -2.06. The van der Waals surface area contributed by atoms with Crippen LogP contribution in [0.4, 0.5) is 5.69 Å². The van der Waals surface area contributed by atoms with Crippen LogP contribution in [-0.2, 0) is 0 Å². The fourth-order valence-electron chi connectivity index (χ4n) is 1.41. The predicted molar refractivity (Wildman–Crippen MR) is 67.3 cm³/mol. The summed E-state index contributed by atoms with van der Waals surface area (Å²) in [5.74, 6) is 0.408. The van der Waals surface area contributed by atoms with Crippen LogP contribution < -0.4 is 0 Å². The molecule has 5 heteroatoms. The Morgan fingerprint density at radius 1 is 1.38 bits per heavy atom. The normalized spacial score (nSPS) is 12.6. The minimum atomic E-state index is 0.408. The van der Waals surface area contributed by atoms with Gasteiger partial charge in [0.2, 0.25) is 0 Å². The molecule has 2 aromatic rings.